The molecule has 5 heteroatoms. The summed E-state index contributed by atoms with van der Waals surface area (Å²) in [4.78, 5) is 15.7. The first-order chi connectivity index (χ1) is 25.8. The third kappa shape index (κ3) is 4.39. The first-order valence-corrected chi connectivity index (χ1v) is 17.4. The van der Waals surface area contributed by atoms with E-state index in [9.17, 15) is 0 Å². The highest BCUT2D eigenvalue weighted by atomic mass is 16.3. The van der Waals surface area contributed by atoms with Crippen LogP contribution in [0.4, 0.5) is 0 Å². The summed E-state index contributed by atoms with van der Waals surface area (Å²) in [5, 5.41) is 9.13. The molecule has 0 amide bonds. The molecule has 52 heavy (non-hydrogen) atoms. The summed E-state index contributed by atoms with van der Waals surface area (Å²) in [5.41, 5.74) is 7.72. The minimum atomic E-state index is 0.596. The van der Waals surface area contributed by atoms with Crippen LogP contribution in [-0.4, -0.2) is 19.5 Å². The van der Waals surface area contributed by atoms with Gasteiger partial charge in [0.15, 0.2) is 17.5 Å². The van der Waals surface area contributed by atoms with Crippen LogP contribution in [0.3, 0.4) is 0 Å². The van der Waals surface area contributed by atoms with E-state index in [0.717, 1.165) is 60.7 Å². The van der Waals surface area contributed by atoms with E-state index in [4.69, 9.17) is 19.4 Å². The van der Waals surface area contributed by atoms with Crippen LogP contribution < -0.4 is 0 Å². The standard InChI is InChI=1S/C47H28N4O/c1-2-12-33(13-3-1)51-40-18-8-6-15-35(40)36-26-25-32(28-41(36)51)46-48-45(31-24-23-30-22-21-29-11-4-5-14-34(29)39(30)27-31)49-47(50-46)38-17-10-20-43-44(38)37-16-7-9-19-42(37)52-43/h1-28H. The van der Waals surface area contributed by atoms with Gasteiger partial charge >= 0.3 is 0 Å². The van der Waals surface area contributed by atoms with Crippen molar-refractivity contribution >= 4 is 65.3 Å². The Labute approximate surface area is 298 Å². The fourth-order valence-corrected chi connectivity index (χ4v) is 7.82. The number of para-hydroxylation sites is 3. The lowest BCUT2D eigenvalue weighted by Crippen LogP contribution is -2.01. The Balaban J connectivity index is 1.19. The zero-order valence-corrected chi connectivity index (χ0v) is 27.9. The van der Waals surface area contributed by atoms with Crippen LogP contribution >= 0.6 is 0 Å². The van der Waals surface area contributed by atoms with Crippen LogP contribution in [0.1, 0.15) is 0 Å². The van der Waals surface area contributed by atoms with Gasteiger partial charge < -0.3 is 8.98 Å². The second-order valence-corrected chi connectivity index (χ2v) is 13.2. The Morgan fingerprint density at radius 1 is 0.385 bits per heavy atom. The lowest BCUT2D eigenvalue weighted by Gasteiger charge is -2.11. The first-order valence-electron chi connectivity index (χ1n) is 17.4. The molecule has 0 spiro atoms. The molecule has 11 aromatic rings. The predicted molar refractivity (Wildman–Crippen MR) is 213 cm³/mol. The number of benzene rings is 8. The van der Waals surface area contributed by atoms with Crippen LogP contribution in [-0.2, 0) is 0 Å². The van der Waals surface area contributed by atoms with E-state index in [1.165, 1.54) is 26.9 Å². The summed E-state index contributed by atoms with van der Waals surface area (Å²) in [5.74, 6) is 1.82. The molecular weight excluding hydrogens is 637 g/mol. The maximum absolute atomic E-state index is 6.29. The van der Waals surface area contributed by atoms with Gasteiger partial charge in [-0.05, 0) is 64.0 Å². The molecule has 0 aliphatic rings. The minimum Gasteiger partial charge on any atom is -0.456 e. The van der Waals surface area contributed by atoms with E-state index in [-0.39, 0.29) is 0 Å². The molecule has 0 atom stereocenters. The van der Waals surface area contributed by atoms with Crippen molar-refractivity contribution in [2.45, 2.75) is 0 Å². The second kappa shape index (κ2) is 11.2. The molecule has 0 saturated carbocycles. The highest BCUT2D eigenvalue weighted by Crippen LogP contribution is 2.38. The molecule has 3 heterocycles. The second-order valence-electron chi connectivity index (χ2n) is 13.2. The van der Waals surface area contributed by atoms with Crippen molar-refractivity contribution in [3.63, 3.8) is 0 Å². The molecule has 242 valence electrons. The number of nitrogens with zero attached hydrogens (tertiary/aromatic N) is 4. The Hall–Kier alpha value is -7.11. The van der Waals surface area contributed by atoms with E-state index >= 15 is 0 Å². The molecule has 0 aliphatic carbocycles. The van der Waals surface area contributed by atoms with Crippen molar-refractivity contribution in [1.29, 1.82) is 0 Å². The van der Waals surface area contributed by atoms with E-state index in [1.54, 1.807) is 0 Å². The Kier molecular flexibility index (Phi) is 6.18. The van der Waals surface area contributed by atoms with E-state index < -0.39 is 0 Å². The average Bonchev–Trinajstić information content (AvgIpc) is 3.76. The molecule has 0 N–H and O–H groups in total. The van der Waals surface area contributed by atoms with Crippen LogP contribution in [0, 0.1) is 0 Å². The van der Waals surface area contributed by atoms with Gasteiger partial charge in [-0.3, -0.25) is 0 Å². The van der Waals surface area contributed by atoms with Gasteiger partial charge in [0.2, 0.25) is 0 Å². The zero-order valence-electron chi connectivity index (χ0n) is 27.9. The maximum Gasteiger partial charge on any atom is 0.164 e. The maximum atomic E-state index is 6.29. The normalized spacial score (nSPS) is 11.8. The Morgan fingerprint density at radius 3 is 1.87 bits per heavy atom. The number of hydrogen-bond donors (Lipinski definition) is 0. The van der Waals surface area contributed by atoms with Crippen molar-refractivity contribution in [1.82, 2.24) is 19.5 Å². The molecule has 3 aromatic heterocycles. The van der Waals surface area contributed by atoms with Crippen molar-refractivity contribution in [2.24, 2.45) is 0 Å². The van der Waals surface area contributed by atoms with Gasteiger partial charge in [0, 0.05) is 43.9 Å². The Morgan fingerprint density at radius 2 is 1.00 bits per heavy atom. The fourth-order valence-electron chi connectivity index (χ4n) is 7.82. The van der Waals surface area contributed by atoms with Crippen LogP contribution in [0.25, 0.3) is 105 Å². The van der Waals surface area contributed by atoms with E-state index in [0.29, 0.717) is 17.5 Å². The van der Waals surface area contributed by atoms with Gasteiger partial charge in [0.25, 0.3) is 0 Å². The highest BCUT2D eigenvalue weighted by molar-refractivity contribution is 6.13. The highest BCUT2D eigenvalue weighted by Gasteiger charge is 2.19. The lowest BCUT2D eigenvalue weighted by atomic mass is 9.99. The van der Waals surface area contributed by atoms with Crippen molar-refractivity contribution in [3.05, 3.63) is 170 Å². The summed E-state index contributed by atoms with van der Waals surface area (Å²) in [6.07, 6.45) is 0. The monoisotopic (exact) mass is 664 g/mol. The number of furan rings is 1. The van der Waals surface area contributed by atoms with Gasteiger partial charge in [-0.25, -0.2) is 15.0 Å². The van der Waals surface area contributed by atoms with Crippen molar-refractivity contribution in [2.75, 3.05) is 0 Å². The number of hydrogen-bond acceptors (Lipinski definition) is 4. The van der Waals surface area contributed by atoms with Crippen LogP contribution in [0.15, 0.2) is 174 Å². The average molecular weight is 665 g/mol. The summed E-state index contributed by atoms with van der Waals surface area (Å²) < 4.78 is 8.62. The number of aromatic nitrogens is 4. The van der Waals surface area contributed by atoms with Crippen molar-refractivity contribution in [3.8, 4) is 39.9 Å². The molecule has 0 radical (unpaired) electrons. The zero-order chi connectivity index (χ0) is 34.2. The predicted octanol–water partition coefficient (Wildman–Crippen LogP) is 12.2. The topological polar surface area (TPSA) is 56.7 Å². The van der Waals surface area contributed by atoms with Gasteiger partial charge in [0.05, 0.1) is 11.0 Å². The lowest BCUT2D eigenvalue weighted by molar-refractivity contribution is 0.669. The van der Waals surface area contributed by atoms with Gasteiger partial charge in [-0.2, -0.15) is 0 Å². The molecule has 0 aliphatic heterocycles. The molecule has 0 saturated heterocycles. The molecule has 0 fully saturated rings. The van der Waals surface area contributed by atoms with E-state index in [2.05, 4.69) is 144 Å². The summed E-state index contributed by atoms with van der Waals surface area (Å²) >= 11 is 0. The molecule has 0 unspecified atom stereocenters. The fraction of sp³-hybridized carbons (Fsp3) is 0. The largest absolute Gasteiger partial charge is 0.456 e. The molecular formula is C47H28N4O. The molecule has 11 rings (SSSR count). The van der Waals surface area contributed by atoms with Crippen LogP contribution in [0.2, 0.25) is 0 Å². The third-order valence-corrected chi connectivity index (χ3v) is 10.2. The summed E-state index contributed by atoms with van der Waals surface area (Å²) in [6, 6.07) is 59.2. The quantitative estimate of drug-likeness (QED) is 0.176. The van der Waals surface area contributed by atoms with Gasteiger partial charge in [-0.1, -0.05) is 127 Å². The Bertz CT molecular complexity index is 3190. The van der Waals surface area contributed by atoms with E-state index in [1.807, 2.05) is 30.3 Å². The summed E-state index contributed by atoms with van der Waals surface area (Å²) in [7, 11) is 0. The first kappa shape index (κ1) is 28.7. The summed E-state index contributed by atoms with van der Waals surface area (Å²) in [6.45, 7) is 0. The minimum absolute atomic E-state index is 0.596. The molecule has 5 nitrogen and oxygen atoms in total. The number of fused-ring (bicyclic) bond motifs is 9. The molecule has 8 aromatic carbocycles. The SMILES string of the molecule is c1ccc(-n2c3ccccc3c3ccc(-c4nc(-c5ccc6ccc7ccccc7c6c5)nc(-c5cccc6oc7ccccc7c56)n4)cc32)cc1. The smallest absolute Gasteiger partial charge is 0.164 e. The number of rotatable bonds is 4. The third-order valence-electron chi connectivity index (χ3n) is 10.2. The van der Waals surface area contributed by atoms with Crippen LogP contribution in [0.5, 0.6) is 0 Å². The van der Waals surface area contributed by atoms with Crippen molar-refractivity contribution < 1.29 is 4.42 Å². The molecule has 0 bridgehead atoms. The van der Waals surface area contributed by atoms with Gasteiger partial charge in [0.1, 0.15) is 11.2 Å². The van der Waals surface area contributed by atoms with Gasteiger partial charge in [-0.15, -0.1) is 0 Å².